The number of aliphatic hydroxyl groups excluding tert-OH is 1. The van der Waals surface area contributed by atoms with Gasteiger partial charge in [0, 0.05) is 0 Å². The van der Waals surface area contributed by atoms with E-state index < -0.39 is 13.4 Å². The number of hydrogen-bond acceptors (Lipinski definition) is 6. The van der Waals surface area contributed by atoms with Gasteiger partial charge in [-0.15, -0.1) is 0 Å². The van der Waals surface area contributed by atoms with Crippen LogP contribution < -0.4 is 0 Å². The van der Waals surface area contributed by atoms with E-state index in [2.05, 4.69) is 0 Å². The highest BCUT2D eigenvalue weighted by Gasteiger charge is 2.36. The summed E-state index contributed by atoms with van der Waals surface area (Å²) in [5.74, 6) is -0.858. The molecule has 0 bridgehead atoms. The minimum Gasteiger partial charge on any atom is -0.394 e. The lowest BCUT2D eigenvalue weighted by Gasteiger charge is -2.26. The maximum atomic E-state index is 12.7. The van der Waals surface area contributed by atoms with Crippen LogP contribution in [0, 0.1) is 0 Å². The van der Waals surface area contributed by atoms with Crippen LogP contribution in [0.1, 0.15) is 19.4 Å². The topological polar surface area (TPSA) is 74.2 Å². The highest BCUT2D eigenvalue weighted by molar-refractivity contribution is 7.54. The first-order valence-electron chi connectivity index (χ1n) is 7.39. The van der Waals surface area contributed by atoms with Crippen LogP contribution in [-0.2, 0) is 29.7 Å². The largest absolute Gasteiger partial charge is 0.394 e. The van der Waals surface area contributed by atoms with Crippen molar-refractivity contribution in [1.82, 2.24) is 0 Å². The van der Waals surface area contributed by atoms with Crippen molar-refractivity contribution in [2.75, 3.05) is 33.0 Å². The van der Waals surface area contributed by atoms with E-state index in [1.54, 1.807) is 13.8 Å². The number of hydrogen-bond donors (Lipinski definition) is 1. The molecule has 126 valence electrons. The molecule has 0 aliphatic rings. The van der Waals surface area contributed by atoms with Gasteiger partial charge in [-0.1, -0.05) is 30.3 Å². The Labute approximate surface area is 131 Å². The van der Waals surface area contributed by atoms with E-state index in [0.717, 1.165) is 5.56 Å². The number of benzene rings is 1. The van der Waals surface area contributed by atoms with Crippen LogP contribution in [0.25, 0.3) is 0 Å². The van der Waals surface area contributed by atoms with E-state index in [0.29, 0.717) is 6.61 Å². The Bertz CT molecular complexity index is 429. The molecular formula is C15H25O6P. The van der Waals surface area contributed by atoms with E-state index in [-0.39, 0.29) is 33.0 Å². The van der Waals surface area contributed by atoms with Crippen molar-refractivity contribution in [2.24, 2.45) is 0 Å². The van der Waals surface area contributed by atoms with Crippen LogP contribution >= 0.6 is 7.60 Å². The van der Waals surface area contributed by atoms with Crippen LogP contribution in [-0.4, -0.2) is 44.0 Å². The summed E-state index contributed by atoms with van der Waals surface area (Å²) in [5.41, 5.74) is 1.01. The second kappa shape index (κ2) is 10.9. The first-order chi connectivity index (χ1) is 10.7. The molecule has 0 aliphatic heterocycles. The lowest BCUT2D eigenvalue weighted by atomic mass is 10.2. The van der Waals surface area contributed by atoms with Crippen molar-refractivity contribution >= 4 is 7.60 Å². The monoisotopic (exact) mass is 332 g/mol. The molecule has 0 saturated heterocycles. The summed E-state index contributed by atoms with van der Waals surface area (Å²) >= 11 is 0. The zero-order chi connectivity index (χ0) is 16.3. The fraction of sp³-hybridized carbons (Fsp3) is 0.600. The van der Waals surface area contributed by atoms with Crippen LogP contribution in [0.4, 0.5) is 0 Å². The van der Waals surface area contributed by atoms with Gasteiger partial charge < -0.3 is 23.6 Å². The van der Waals surface area contributed by atoms with Gasteiger partial charge >= 0.3 is 7.60 Å². The maximum Gasteiger partial charge on any atom is 0.361 e. The number of aliphatic hydroxyl groups is 1. The molecule has 1 aromatic carbocycles. The van der Waals surface area contributed by atoms with E-state index in [1.807, 2.05) is 30.3 Å². The smallest absolute Gasteiger partial charge is 0.361 e. The molecule has 0 aromatic heterocycles. The van der Waals surface area contributed by atoms with Crippen LogP contribution in [0.3, 0.4) is 0 Å². The molecule has 0 spiro atoms. The van der Waals surface area contributed by atoms with Crippen LogP contribution in [0.5, 0.6) is 0 Å². The van der Waals surface area contributed by atoms with Crippen molar-refractivity contribution in [3.63, 3.8) is 0 Å². The van der Waals surface area contributed by atoms with Crippen molar-refractivity contribution < 1.29 is 28.2 Å². The Balaban J connectivity index is 2.63. The van der Waals surface area contributed by atoms with Gasteiger partial charge in [-0.3, -0.25) is 4.57 Å². The van der Waals surface area contributed by atoms with Gasteiger partial charge in [0.25, 0.3) is 0 Å². The molecule has 1 rings (SSSR count). The van der Waals surface area contributed by atoms with Gasteiger partial charge in [-0.2, -0.15) is 0 Å². The summed E-state index contributed by atoms with van der Waals surface area (Å²) < 4.78 is 34.3. The van der Waals surface area contributed by atoms with E-state index >= 15 is 0 Å². The quantitative estimate of drug-likeness (QED) is 0.593. The lowest BCUT2D eigenvalue weighted by molar-refractivity contribution is -0.0106. The summed E-state index contributed by atoms with van der Waals surface area (Å²) in [6, 6.07) is 9.64. The summed E-state index contributed by atoms with van der Waals surface area (Å²) in [5, 5.41) is 8.91. The molecule has 7 heteroatoms. The fourth-order valence-electron chi connectivity index (χ4n) is 1.83. The summed E-state index contributed by atoms with van der Waals surface area (Å²) in [6.45, 7) is 4.27. The lowest BCUT2D eigenvalue weighted by Crippen LogP contribution is -2.24. The third-order valence-electron chi connectivity index (χ3n) is 2.74. The molecule has 22 heavy (non-hydrogen) atoms. The van der Waals surface area contributed by atoms with Gasteiger partial charge in [0.15, 0.2) is 5.85 Å². The van der Waals surface area contributed by atoms with Crippen molar-refractivity contribution in [3.05, 3.63) is 35.9 Å². The van der Waals surface area contributed by atoms with E-state index in [1.165, 1.54) is 0 Å². The number of ether oxygens (including phenoxy) is 2. The predicted molar refractivity (Wildman–Crippen MR) is 83.8 cm³/mol. The van der Waals surface area contributed by atoms with E-state index in [9.17, 15) is 4.57 Å². The number of rotatable bonds is 12. The molecule has 0 amide bonds. The molecule has 0 saturated carbocycles. The molecule has 1 aromatic rings. The normalized spacial score (nSPS) is 13.2. The Morgan fingerprint density at radius 2 is 1.77 bits per heavy atom. The standard InChI is InChI=1S/C15H25O6P/c1-3-20-22(17,21-4-2)15(19-11-10-16)13-18-12-14-8-6-5-7-9-14/h5-9,15-16H,3-4,10-13H2,1-2H3. The predicted octanol–water partition coefficient (Wildman–Crippen LogP) is 2.80. The first-order valence-corrected chi connectivity index (χ1v) is 9.00. The van der Waals surface area contributed by atoms with Crippen molar-refractivity contribution in [3.8, 4) is 0 Å². The zero-order valence-electron chi connectivity index (χ0n) is 13.1. The fourth-order valence-corrected chi connectivity index (χ4v) is 3.54. The van der Waals surface area contributed by atoms with Crippen LogP contribution in [0.15, 0.2) is 30.3 Å². The average molecular weight is 332 g/mol. The first kappa shape index (κ1) is 19.3. The Morgan fingerprint density at radius 1 is 1.14 bits per heavy atom. The van der Waals surface area contributed by atoms with Crippen LogP contribution in [0.2, 0.25) is 0 Å². The minimum absolute atomic E-state index is 0.0451. The van der Waals surface area contributed by atoms with Gasteiger partial charge in [0.2, 0.25) is 0 Å². The van der Waals surface area contributed by atoms with Gasteiger partial charge in [-0.25, -0.2) is 0 Å². The molecule has 0 radical (unpaired) electrons. The molecule has 1 atom stereocenters. The van der Waals surface area contributed by atoms with Gasteiger partial charge in [-0.05, 0) is 19.4 Å². The highest BCUT2D eigenvalue weighted by Crippen LogP contribution is 2.53. The van der Waals surface area contributed by atoms with E-state index in [4.69, 9.17) is 23.6 Å². The second-order valence-electron chi connectivity index (χ2n) is 4.43. The molecular weight excluding hydrogens is 307 g/mol. The molecule has 0 heterocycles. The Morgan fingerprint density at radius 3 is 2.32 bits per heavy atom. The summed E-state index contributed by atoms with van der Waals surface area (Å²) in [7, 11) is -3.44. The molecule has 1 unspecified atom stereocenters. The molecule has 6 nitrogen and oxygen atoms in total. The Hall–Kier alpha value is -0.750. The molecule has 0 aliphatic carbocycles. The maximum absolute atomic E-state index is 12.7. The Kier molecular flexibility index (Phi) is 9.55. The second-order valence-corrected chi connectivity index (χ2v) is 6.60. The third kappa shape index (κ3) is 6.57. The van der Waals surface area contributed by atoms with Crippen molar-refractivity contribution in [2.45, 2.75) is 26.3 Å². The zero-order valence-corrected chi connectivity index (χ0v) is 14.0. The minimum atomic E-state index is -3.44. The van der Waals surface area contributed by atoms with Gasteiger partial charge in [0.05, 0.1) is 39.6 Å². The summed E-state index contributed by atoms with van der Waals surface area (Å²) in [4.78, 5) is 0. The van der Waals surface area contributed by atoms with Gasteiger partial charge in [0.1, 0.15) is 0 Å². The third-order valence-corrected chi connectivity index (χ3v) is 4.98. The highest BCUT2D eigenvalue weighted by atomic mass is 31.2. The molecule has 0 fully saturated rings. The molecule has 1 N–H and O–H groups in total. The SMILES string of the molecule is CCOP(=O)(OCC)C(COCc1ccccc1)OCCO. The van der Waals surface area contributed by atoms with Crippen molar-refractivity contribution in [1.29, 1.82) is 0 Å². The summed E-state index contributed by atoms with van der Waals surface area (Å²) in [6.07, 6.45) is 0. The average Bonchev–Trinajstić information content (AvgIpc) is 2.52.